The molecule has 2 amide bonds. The number of nitrogen functional groups attached to an aromatic ring is 1. The van der Waals surface area contributed by atoms with Crippen LogP contribution in [0.3, 0.4) is 0 Å². The van der Waals surface area contributed by atoms with Crippen LogP contribution in [0, 0.1) is 6.92 Å². The first-order valence-electron chi connectivity index (χ1n) is 12.2. The number of esters is 2. The van der Waals surface area contributed by atoms with Crippen molar-refractivity contribution in [1.29, 1.82) is 0 Å². The topological polar surface area (TPSA) is 128 Å². The van der Waals surface area contributed by atoms with Gasteiger partial charge < -0.3 is 20.5 Å². The first-order chi connectivity index (χ1) is 18.7. The van der Waals surface area contributed by atoms with Crippen LogP contribution in [-0.4, -0.2) is 30.4 Å². The van der Waals surface area contributed by atoms with Gasteiger partial charge in [0.25, 0.3) is 11.8 Å². The van der Waals surface area contributed by atoms with Gasteiger partial charge in [-0.25, -0.2) is 14.5 Å². The molecule has 1 heterocycles. The molecule has 200 valence electrons. The van der Waals surface area contributed by atoms with Crippen molar-refractivity contribution in [3.05, 3.63) is 94.1 Å². The van der Waals surface area contributed by atoms with Crippen LogP contribution in [0.2, 0.25) is 0 Å². The van der Waals surface area contributed by atoms with Crippen LogP contribution in [0.4, 0.5) is 17.1 Å². The van der Waals surface area contributed by atoms with Gasteiger partial charge in [0.15, 0.2) is 5.75 Å². The Hall–Kier alpha value is -4.63. The Morgan fingerprint density at radius 2 is 1.56 bits per heavy atom. The van der Waals surface area contributed by atoms with E-state index in [1.807, 2.05) is 13.8 Å². The lowest BCUT2D eigenvalue weighted by molar-refractivity contribution is -0.120. The minimum absolute atomic E-state index is 0.118. The fourth-order valence-electron chi connectivity index (χ4n) is 3.74. The Morgan fingerprint density at radius 3 is 2.21 bits per heavy atom. The molecule has 0 fully saturated rings. The molecular formula is C29H26ClN3O6. The second kappa shape index (κ2) is 11.8. The van der Waals surface area contributed by atoms with Crippen LogP contribution in [0.1, 0.15) is 46.0 Å². The Kier molecular flexibility index (Phi) is 8.31. The number of unbranched alkanes of at least 4 members (excludes halogenated alkanes) is 1. The summed E-state index contributed by atoms with van der Waals surface area (Å²) in [5.41, 5.74) is 8.30. The number of hydrogen-bond donors (Lipinski definition) is 2. The smallest absolute Gasteiger partial charge is 0.343 e. The number of halogens is 1. The van der Waals surface area contributed by atoms with E-state index in [1.54, 1.807) is 30.3 Å². The quantitative estimate of drug-likeness (QED) is 0.123. The van der Waals surface area contributed by atoms with Gasteiger partial charge in [0.1, 0.15) is 10.7 Å². The van der Waals surface area contributed by atoms with E-state index >= 15 is 0 Å². The predicted molar refractivity (Wildman–Crippen MR) is 148 cm³/mol. The van der Waals surface area contributed by atoms with Gasteiger partial charge in [-0.05, 0) is 79.6 Å². The van der Waals surface area contributed by atoms with Crippen molar-refractivity contribution in [1.82, 2.24) is 0 Å². The molecule has 0 aliphatic carbocycles. The Labute approximate surface area is 230 Å². The molecule has 3 aromatic carbocycles. The van der Waals surface area contributed by atoms with Crippen molar-refractivity contribution in [2.75, 3.05) is 22.6 Å². The second-order valence-corrected chi connectivity index (χ2v) is 9.18. The number of nitrogens with one attached hydrogen (secondary N) is 1. The fraction of sp³-hybridized carbons (Fsp3) is 0.172. The third-order valence-corrected chi connectivity index (χ3v) is 6.23. The monoisotopic (exact) mass is 547 g/mol. The molecular weight excluding hydrogens is 522 g/mol. The normalized spacial score (nSPS) is 13.1. The molecule has 0 aromatic heterocycles. The molecule has 0 atom stereocenters. The number of amides is 2. The number of ether oxygens (including phenoxy) is 2. The van der Waals surface area contributed by atoms with Crippen LogP contribution in [0.5, 0.6) is 5.75 Å². The van der Waals surface area contributed by atoms with E-state index in [1.165, 1.54) is 36.4 Å². The molecule has 0 radical (unpaired) electrons. The van der Waals surface area contributed by atoms with E-state index in [0.29, 0.717) is 23.5 Å². The van der Waals surface area contributed by atoms with Gasteiger partial charge in [0.2, 0.25) is 0 Å². The number of aryl methyl sites for hydroxylation is 1. The van der Waals surface area contributed by atoms with Gasteiger partial charge in [-0.2, -0.15) is 0 Å². The number of imide groups is 1. The van der Waals surface area contributed by atoms with Gasteiger partial charge >= 0.3 is 11.9 Å². The Morgan fingerprint density at radius 1 is 0.923 bits per heavy atom. The van der Waals surface area contributed by atoms with Crippen molar-refractivity contribution in [3.8, 4) is 5.75 Å². The summed E-state index contributed by atoms with van der Waals surface area (Å²) in [5, 5.41) is 2.56. The van der Waals surface area contributed by atoms with E-state index in [4.69, 9.17) is 26.8 Å². The molecule has 0 bridgehead atoms. The van der Waals surface area contributed by atoms with E-state index in [0.717, 1.165) is 23.3 Å². The molecule has 3 aromatic rings. The average Bonchev–Trinajstić information content (AvgIpc) is 3.13. The maximum absolute atomic E-state index is 13.1. The Bertz CT molecular complexity index is 1470. The number of carbonyl (C=O) groups is 4. The number of hydrogen-bond acceptors (Lipinski definition) is 8. The summed E-state index contributed by atoms with van der Waals surface area (Å²) in [4.78, 5) is 51.4. The third kappa shape index (κ3) is 6.10. The number of anilines is 3. The molecule has 9 nitrogen and oxygen atoms in total. The van der Waals surface area contributed by atoms with Gasteiger partial charge in [-0.3, -0.25) is 9.59 Å². The van der Waals surface area contributed by atoms with Crippen molar-refractivity contribution < 1.29 is 28.7 Å². The molecule has 1 aliphatic heterocycles. The van der Waals surface area contributed by atoms with Crippen molar-refractivity contribution in [2.45, 2.75) is 26.7 Å². The SMILES string of the molecule is CCCCOC(=O)c1ccc(N2C(=O)C(Cl)=C(Nc3ccc(C(=O)Oc4ccc(C)cc4N)cc3)C2=O)cc1. The Balaban J connectivity index is 1.42. The molecule has 1 aliphatic rings. The molecule has 0 saturated heterocycles. The van der Waals surface area contributed by atoms with Crippen LogP contribution in [0.25, 0.3) is 0 Å². The van der Waals surface area contributed by atoms with Gasteiger partial charge in [0.05, 0.1) is 29.1 Å². The number of nitrogens with two attached hydrogens (primary N) is 1. The first kappa shape index (κ1) is 27.4. The third-order valence-electron chi connectivity index (χ3n) is 5.88. The highest BCUT2D eigenvalue weighted by Gasteiger charge is 2.39. The van der Waals surface area contributed by atoms with Crippen molar-refractivity contribution in [2.24, 2.45) is 0 Å². The molecule has 10 heteroatoms. The van der Waals surface area contributed by atoms with Crippen molar-refractivity contribution >= 4 is 52.4 Å². The minimum atomic E-state index is -0.710. The van der Waals surface area contributed by atoms with E-state index in [2.05, 4.69) is 5.32 Å². The number of carbonyl (C=O) groups excluding carboxylic acids is 4. The van der Waals surface area contributed by atoms with Crippen LogP contribution in [-0.2, 0) is 14.3 Å². The summed E-state index contributed by atoms with van der Waals surface area (Å²) < 4.78 is 10.5. The highest BCUT2D eigenvalue weighted by molar-refractivity contribution is 6.53. The molecule has 39 heavy (non-hydrogen) atoms. The number of benzene rings is 3. The molecule has 4 rings (SSSR count). The maximum atomic E-state index is 13.1. The fourth-order valence-corrected chi connectivity index (χ4v) is 3.95. The standard InChI is InChI=1S/C29H26ClN3O6/c1-3-4-15-38-28(36)18-8-12-21(13-9-18)33-26(34)24(30)25(27(33)35)32-20-10-6-19(7-11-20)29(37)39-23-14-5-17(2)16-22(23)31/h5-14,16,32H,3-4,15,31H2,1-2H3. The summed E-state index contributed by atoms with van der Waals surface area (Å²) in [6.45, 7) is 4.18. The minimum Gasteiger partial charge on any atom is -0.462 e. The van der Waals surface area contributed by atoms with Crippen molar-refractivity contribution in [3.63, 3.8) is 0 Å². The van der Waals surface area contributed by atoms with Crippen LogP contribution in [0.15, 0.2) is 77.5 Å². The molecule has 0 saturated carbocycles. The van der Waals surface area contributed by atoms with Crippen LogP contribution < -0.4 is 20.7 Å². The molecule has 3 N–H and O–H groups in total. The van der Waals surface area contributed by atoms with E-state index in [-0.39, 0.29) is 27.7 Å². The predicted octanol–water partition coefficient (Wildman–Crippen LogP) is 5.19. The summed E-state index contributed by atoms with van der Waals surface area (Å²) in [6, 6.07) is 17.1. The summed E-state index contributed by atoms with van der Waals surface area (Å²) in [7, 11) is 0. The number of rotatable bonds is 9. The highest BCUT2D eigenvalue weighted by atomic mass is 35.5. The highest BCUT2D eigenvalue weighted by Crippen LogP contribution is 2.30. The largest absolute Gasteiger partial charge is 0.462 e. The lowest BCUT2D eigenvalue weighted by Gasteiger charge is -2.15. The summed E-state index contributed by atoms with van der Waals surface area (Å²) in [5.74, 6) is -2.21. The van der Waals surface area contributed by atoms with E-state index in [9.17, 15) is 19.2 Å². The molecule has 0 unspecified atom stereocenters. The van der Waals surface area contributed by atoms with E-state index < -0.39 is 23.8 Å². The van der Waals surface area contributed by atoms with Gasteiger partial charge in [-0.15, -0.1) is 0 Å². The van der Waals surface area contributed by atoms with Gasteiger partial charge in [-0.1, -0.05) is 31.0 Å². The average molecular weight is 548 g/mol. The molecule has 0 spiro atoms. The summed E-state index contributed by atoms with van der Waals surface area (Å²) in [6.07, 6.45) is 1.66. The summed E-state index contributed by atoms with van der Waals surface area (Å²) >= 11 is 6.21. The van der Waals surface area contributed by atoms with Gasteiger partial charge in [0, 0.05) is 5.69 Å². The second-order valence-electron chi connectivity index (χ2n) is 8.80. The zero-order valence-corrected chi connectivity index (χ0v) is 22.1. The first-order valence-corrected chi connectivity index (χ1v) is 12.6. The van der Waals surface area contributed by atoms with Crippen LogP contribution >= 0.6 is 11.6 Å². The zero-order valence-electron chi connectivity index (χ0n) is 21.3. The lowest BCUT2D eigenvalue weighted by Crippen LogP contribution is -2.32. The lowest BCUT2D eigenvalue weighted by atomic mass is 10.2. The number of nitrogens with zero attached hydrogens (tertiary/aromatic N) is 1. The maximum Gasteiger partial charge on any atom is 0.343 e. The zero-order chi connectivity index (χ0) is 28.1.